The molecule has 0 saturated carbocycles. The van der Waals surface area contributed by atoms with Crippen LogP contribution in [0, 0.1) is 19.8 Å². The Morgan fingerprint density at radius 2 is 2.17 bits per heavy atom. The Morgan fingerprint density at radius 3 is 2.93 bits per heavy atom. The first-order valence-corrected chi connectivity index (χ1v) is 10.2. The van der Waals surface area contributed by atoms with Gasteiger partial charge in [-0.25, -0.2) is 9.78 Å². The standard InChI is InChI=1S/C22H27N5O2/c1-4-29-22(28)19-10-24-20-16(3)15(2)7-8-18(20)21(19)26-9-5-6-17(11-26)12-27-14-23-13-25-27/h7-8,10,13-14,17H,4-6,9,11-12H2,1-3H3. The van der Waals surface area contributed by atoms with Crippen LogP contribution in [0.15, 0.2) is 31.0 Å². The average molecular weight is 393 g/mol. The summed E-state index contributed by atoms with van der Waals surface area (Å²) in [6.07, 6.45) is 7.21. The zero-order valence-electron chi connectivity index (χ0n) is 17.3. The van der Waals surface area contributed by atoms with Gasteiger partial charge >= 0.3 is 5.97 Å². The van der Waals surface area contributed by atoms with Gasteiger partial charge < -0.3 is 9.64 Å². The van der Waals surface area contributed by atoms with Crippen LogP contribution in [-0.2, 0) is 11.3 Å². The second-order valence-electron chi connectivity index (χ2n) is 7.72. The van der Waals surface area contributed by atoms with E-state index in [0.717, 1.165) is 54.6 Å². The molecular formula is C22H27N5O2. The van der Waals surface area contributed by atoms with Gasteiger partial charge in [0.25, 0.3) is 0 Å². The predicted molar refractivity (Wildman–Crippen MR) is 112 cm³/mol. The highest BCUT2D eigenvalue weighted by molar-refractivity contribution is 6.06. The van der Waals surface area contributed by atoms with Crippen LogP contribution in [0.5, 0.6) is 0 Å². The van der Waals surface area contributed by atoms with Gasteiger partial charge in [0.15, 0.2) is 0 Å². The van der Waals surface area contributed by atoms with Crippen molar-refractivity contribution in [2.45, 2.75) is 40.2 Å². The number of carbonyl (C=O) groups excluding carboxylic acids is 1. The van der Waals surface area contributed by atoms with E-state index in [1.807, 2.05) is 11.6 Å². The Labute approximate surface area is 170 Å². The Kier molecular flexibility index (Phi) is 5.47. The fraction of sp³-hybridized carbons (Fsp3) is 0.455. The van der Waals surface area contributed by atoms with Gasteiger partial charge in [-0.1, -0.05) is 12.1 Å². The van der Waals surface area contributed by atoms with Crippen LogP contribution in [0.25, 0.3) is 10.9 Å². The second kappa shape index (κ2) is 8.19. The Morgan fingerprint density at radius 1 is 1.31 bits per heavy atom. The van der Waals surface area contributed by atoms with Crippen molar-refractivity contribution in [3.05, 3.63) is 47.7 Å². The summed E-state index contributed by atoms with van der Waals surface area (Å²) >= 11 is 0. The molecule has 1 unspecified atom stereocenters. The number of anilines is 1. The molecule has 1 atom stereocenters. The zero-order chi connectivity index (χ0) is 20.4. The summed E-state index contributed by atoms with van der Waals surface area (Å²) in [6, 6.07) is 4.19. The van der Waals surface area contributed by atoms with Gasteiger partial charge in [0.2, 0.25) is 0 Å². The van der Waals surface area contributed by atoms with Gasteiger partial charge in [0.05, 0.1) is 17.8 Å². The van der Waals surface area contributed by atoms with Gasteiger partial charge in [0, 0.05) is 31.2 Å². The number of rotatable bonds is 5. The van der Waals surface area contributed by atoms with Crippen LogP contribution in [-0.4, -0.2) is 45.4 Å². The lowest BCUT2D eigenvalue weighted by Crippen LogP contribution is -2.38. The van der Waals surface area contributed by atoms with E-state index in [2.05, 4.69) is 45.9 Å². The van der Waals surface area contributed by atoms with E-state index in [4.69, 9.17) is 4.74 Å². The molecule has 3 aromatic rings. The molecule has 0 bridgehead atoms. The van der Waals surface area contributed by atoms with Crippen LogP contribution in [0.2, 0.25) is 0 Å². The molecule has 4 rings (SSSR count). The van der Waals surface area contributed by atoms with Crippen LogP contribution in [0.1, 0.15) is 41.3 Å². The van der Waals surface area contributed by atoms with Crippen molar-refractivity contribution in [2.24, 2.45) is 5.92 Å². The maximum absolute atomic E-state index is 12.7. The molecule has 7 heteroatoms. The van der Waals surface area contributed by atoms with Crippen LogP contribution in [0.3, 0.4) is 0 Å². The first kappa shape index (κ1) is 19.4. The summed E-state index contributed by atoms with van der Waals surface area (Å²) in [4.78, 5) is 23.7. The highest BCUT2D eigenvalue weighted by atomic mass is 16.5. The van der Waals surface area contributed by atoms with Crippen molar-refractivity contribution in [3.8, 4) is 0 Å². The summed E-state index contributed by atoms with van der Waals surface area (Å²) in [5.74, 6) is 0.129. The van der Waals surface area contributed by atoms with E-state index >= 15 is 0 Å². The third kappa shape index (κ3) is 3.81. The largest absolute Gasteiger partial charge is 0.462 e. The quantitative estimate of drug-likeness (QED) is 0.618. The number of aryl methyl sites for hydroxylation is 2. The normalized spacial score (nSPS) is 16.9. The molecule has 0 N–H and O–H groups in total. The molecule has 29 heavy (non-hydrogen) atoms. The van der Waals surface area contributed by atoms with Gasteiger partial charge in [0.1, 0.15) is 18.2 Å². The predicted octanol–water partition coefficient (Wildman–Crippen LogP) is 3.54. The summed E-state index contributed by atoms with van der Waals surface area (Å²) in [5.41, 5.74) is 4.79. The maximum atomic E-state index is 12.7. The minimum Gasteiger partial charge on any atom is -0.462 e. The molecule has 1 aromatic carbocycles. The lowest BCUT2D eigenvalue weighted by atomic mass is 9.95. The monoisotopic (exact) mass is 393 g/mol. The van der Waals surface area contributed by atoms with E-state index in [1.54, 1.807) is 18.9 Å². The summed E-state index contributed by atoms with van der Waals surface area (Å²) in [6.45, 7) is 8.94. The number of esters is 1. The number of pyridine rings is 1. The lowest BCUT2D eigenvalue weighted by molar-refractivity contribution is 0.0526. The molecule has 7 nitrogen and oxygen atoms in total. The number of piperidine rings is 1. The molecule has 0 amide bonds. The van der Waals surface area contributed by atoms with Crippen LogP contribution in [0.4, 0.5) is 5.69 Å². The minimum absolute atomic E-state index is 0.312. The van der Waals surface area contributed by atoms with Crippen molar-refractivity contribution in [2.75, 3.05) is 24.6 Å². The number of benzene rings is 1. The van der Waals surface area contributed by atoms with Crippen molar-refractivity contribution in [1.82, 2.24) is 19.7 Å². The van der Waals surface area contributed by atoms with Crippen molar-refractivity contribution in [3.63, 3.8) is 0 Å². The molecular weight excluding hydrogens is 366 g/mol. The molecule has 1 fully saturated rings. The van der Waals surface area contributed by atoms with E-state index in [0.29, 0.717) is 18.1 Å². The molecule has 1 saturated heterocycles. The molecule has 3 heterocycles. The van der Waals surface area contributed by atoms with Gasteiger partial charge in [-0.3, -0.25) is 9.67 Å². The summed E-state index contributed by atoms with van der Waals surface area (Å²) < 4.78 is 7.23. The number of fused-ring (bicyclic) bond motifs is 1. The molecule has 152 valence electrons. The number of ether oxygens (including phenoxy) is 1. The van der Waals surface area contributed by atoms with Crippen molar-refractivity contribution < 1.29 is 9.53 Å². The number of hydrogen-bond donors (Lipinski definition) is 0. The van der Waals surface area contributed by atoms with E-state index in [9.17, 15) is 4.79 Å². The number of hydrogen-bond acceptors (Lipinski definition) is 6. The smallest absolute Gasteiger partial charge is 0.341 e. The second-order valence-corrected chi connectivity index (χ2v) is 7.72. The molecule has 2 aromatic heterocycles. The molecule has 0 spiro atoms. The molecule has 1 aliphatic heterocycles. The fourth-order valence-corrected chi connectivity index (χ4v) is 4.20. The van der Waals surface area contributed by atoms with Gasteiger partial charge in [-0.2, -0.15) is 5.10 Å². The van der Waals surface area contributed by atoms with E-state index < -0.39 is 0 Å². The molecule has 0 radical (unpaired) electrons. The minimum atomic E-state index is -0.312. The van der Waals surface area contributed by atoms with E-state index in [1.165, 1.54) is 5.56 Å². The SMILES string of the molecule is CCOC(=O)c1cnc2c(C)c(C)ccc2c1N1CCCC(Cn2cncn2)C1. The number of aromatic nitrogens is 4. The average Bonchev–Trinajstić information content (AvgIpc) is 3.23. The van der Waals surface area contributed by atoms with Crippen LogP contribution < -0.4 is 4.90 Å². The summed E-state index contributed by atoms with van der Waals surface area (Å²) in [5, 5.41) is 5.27. The first-order chi connectivity index (χ1) is 14.1. The molecule has 0 aliphatic carbocycles. The van der Waals surface area contributed by atoms with Gasteiger partial charge in [-0.05, 0) is 50.7 Å². The topological polar surface area (TPSA) is 73.1 Å². The number of carbonyl (C=O) groups is 1. The van der Waals surface area contributed by atoms with Crippen molar-refractivity contribution >= 4 is 22.6 Å². The fourth-order valence-electron chi connectivity index (χ4n) is 4.20. The first-order valence-electron chi connectivity index (χ1n) is 10.2. The van der Waals surface area contributed by atoms with E-state index in [-0.39, 0.29) is 5.97 Å². The summed E-state index contributed by atoms with van der Waals surface area (Å²) in [7, 11) is 0. The Hall–Kier alpha value is -2.96. The maximum Gasteiger partial charge on any atom is 0.341 e. The van der Waals surface area contributed by atoms with Crippen LogP contribution >= 0.6 is 0 Å². The Bertz CT molecular complexity index is 1020. The highest BCUT2D eigenvalue weighted by Gasteiger charge is 2.27. The highest BCUT2D eigenvalue weighted by Crippen LogP contribution is 2.35. The lowest BCUT2D eigenvalue weighted by Gasteiger charge is -2.36. The zero-order valence-corrected chi connectivity index (χ0v) is 17.3. The third-order valence-electron chi connectivity index (χ3n) is 5.78. The Balaban J connectivity index is 1.76. The van der Waals surface area contributed by atoms with Crippen molar-refractivity contribution in [1.29, 1.82) is 0 Å². The third-order valence-corrected chi connectivity index (χ3v) is 5.78. The molecule has 1 aliphatic rings. The van der Waals surface area contributed by atoms with Gasteiger partial charge in [-0.15, -0.1) is 0 Å². The number of nitrogens with zero attached hydrogens (tertiary/aromatic N) is 5.